The molecule has 0 spiro atoms. The average Bonchev–Trinajstić information content (AvgIpc) is 3.07. The quantitative estimate of drug-likeness (QED) is 0.786. The summed E-state index contributed by atoms with van der Waals surface area (Å²) in [6.07, 6.45) is 0. The number of hydrogen-bond donors (Lipinski definition) is 0. The van der Waals surface area contributed by atoms with E-state index in [2.05, 4.69) is 29.7 Å². The van der Waals surface area contributed by atoms with Crippen LogP contribution in [0.3, 0.4) is 0 Å². The molecule has 0 radical (unpaired) electrons. The van der Waals surface area contributed by atoms with Crippen molar-refractivity contribution in [1.29, 1.82) is 0 Å². The van der Waals surface area contributed by atoms with E-state index in [9.17, 15) is 4.79 Å². The van der Waals surface area contributed by atoms with Crippen molar-refractivity contribution in [2.24, 2.45) is 0 Å². The molecule has 3 heterocycles. The predicted molar refractivity (Wildman–Crippen MR) is 105 cm³/mol. The molecule has 7 heteroatoms. The molecule has 0 unspecified atom stereocenters. The summed E-state index contributed by atoms with van der Waals surface area (Å²) < 4.78 is 11.6. The number of carbonyl (C=O) groups excluding carboxylic acids is 1. The molecular weight excluding hydrogens is 344 g/mol. The molecule has 0 bridgehead atoms. The first-order valence-corrected chi connectivity index (χ1v) is 10.0. The van der Waals surface area contributed by atoms with Crippen LogP contribution in [0.25, 0.3) is 0 Å². The summed E-state index contributed by atoms with van der Waals surface area (Å²) in [6, 6.07) is 6.61. The Labute approximate surface area is 161 Å². The predicted octanol–water partition coefficient (Wildman–Crippen LogP) is 1.73. The second kappa shape index (κ2) is 7.84. The van der Waals surface area contributed by atoms with E-state index >= 15 is 0 Å². The minimum Gasteiger partial charge on any atom is -0.486 e. The third-order valence-electron chi connectivity index (χ3n) is 5.69. The van der Waals surface area contributed by atoms with Crippen molar-refractivity contribution < 1.29 is 14.3 Å². The van der Waals surface area contributed by atoms with Crippen molar-refractivity contribution >= 4 is 11.7 Å². The van der Waals surface area contributed by atoms with Gasteiger partial charge in [-0.05, 0) is 26.0 Å². The number of ether oxygens (including phenoxy) is 2. The molecule has 0 saturated carbocycles. The van der Waals surface area contributed by atoms with Gasteiger partial charge in [0.2, 0.25) is 0 Å². The van der Waals surface area contributed by atoms with Crippen LogP contribution in [-0.4, -0.2) is 92.3 Å². The maximum Gasteiger partial charge on any atom is 0.320 e. The molecule has 27 heavy (non-hydrogen) atoms. The number of carbonyl (C=O) groups is 1. The van der Waals surface area contributed by atoms with Crippen LogP contribution in [-0.2, 0) is 0 Å². The number of rotatable bonds is 5. The molecule has 2 saturated heterocycles. The lowest BCUT2D eigenvalue weighted by Crippen LogP contribution is -2.49. The molecule has 0 N–H and O–H groups in total. The standard InChI is InChI=1S/C20H30N4O3/c1-16(2)24-13-12-23(20(24)25)11-8-21-6-9-22(10-7-21)17-4-3-5-18-19(17)27-15-14-26-18/h3-5,16H,6-15H2,1-2H3. The van der Waals surface area contributed by atoms with E-state index in [4.69, 9.17) is 9.47 Å². The van der Waals surface area contributed by atoms with Crippen molar-refractivity contribution in [3.63, 3.8) is 0 Å². The number of anilines is 1. The number of piperazine rings is 1. The first-order chi connectivity index (χ1) is 13.1. The fourth-order valence-corrected chi connectivity index (χ4v) is 4.07. The highest BCUT2D eigenvalue weighted by atomic mass is 16.6. The molecule has 2 fully saturated rings. The molecule has 148 valence electrons. The SMILES string of the molecule is CC(C)N1CCN(CCN2CCN(c3cccc4c3OCCO4)CC2)C1=O. The van der Waals surface area contributed by atoms with E-state index in [0.717, 1.165) is 69.5 Å². The highest BCUT2D eigenvalue weighted by Gasteiger charge is 2.30. The number of benzene rings is 1. The van der Waals surface area contributed by atoms with Gasteiger partial charge in [0.15, 0.2) is 11.5 Å². The van der Waals surface area contributed by atoms with E-state index in [1.807, 2.05) is 21.9 Å². The maximum absolute atomic E-state index is 12.4. The van der Waals surface area contributed by atoms with Gasteiger partial charge in [0, 0.05) is 58.4 Å². The Morgan fingerprint density at radius 3 is 2.48 bits per heavy atom. The van der Waals surface area contributed by atoms with Gasteiger partial charge in [0.25, 0.3) is 0 Å². The Morgan fingerprint density at radius 2 is 1.74 bits per heavy atom. The van der Waals surface area contributed by atoms with E-state index < -0.39 is 0 Å². The van der Waals surface area contributed by atoms with Crippen LogP contribution < -0.4 is 14.4 Å². The highest BCUT2D eigenvalue weighted by Crippen LogP contribution is 2.39. The van der Waals surface area contributed by atoms with Crippen molar-refractivity contribution in [1.82, 2.24) is 14.7 Å². The fourth-order valence-electron chi connectivity index (χ4n) is 4.07. The second-order valence-corrected chi connectivity index (χ2v) is 7.69. The average molecular weight is 374 g/mol. The summed E-state index contributed by atoms with van der Waals surface area (Å²) in [5, 5.41) is 0. The zero-order chi connectivity index (χ0) is 18.8. The minimum absolute atomic E-state index is 0.191. The molecule has 4 rings (SSSR count). The summed E-state index contributed by atoms with van der Waals surface area (Å²) in [5.74, 6) is 1.73. The smallest absolute Gasteiger partial charge is 0.320 e. The van der Waals surface area contributed by atoms with Gasteiger partial charge in [-0.25, -0.2) is 4.79 Å². The number of fused-ring (bicyclic) bond motifs is 1. The van der Waals surface area contributed by atoms with Gasteiger partial charge in [-0.3, -0.25) is 4.90 Å². The molecule has 0 aromatic heterocycles. The van der Waals surface area contributed by atoms with E-state index in [1.54, 1.807) is 0 Å². The minimum atomic E-state index is 0.191. The molecule has 0 atom stereocenters. The third kappa shape index (κ3) is 3.78. The Balaban J connectivity index is 1.28. The lowest BCUT2D eigenvalue weighted by atomic mass is 10.2. The summed E-state index contributed by atoms with van der Waals surface area (Å²) in [7, 11) is 0. The Hall–Kier alpha value is -2.15. The summed E-state index contributed by atoms with van der Waals surface area (Å²) in [5.41, 5.74) is 1.13. The molecule has 2 amide bonds. The third-order valence-corrected chi connectivity index (χ3v) is 5.69. The second-order valence-electron chi connectivity index (χ2n) is 7.69. The molecule has 1 aromatic rings. The Kier molecular flexibility index (Phi) is 5.29. The molecule has 7 nitrogen and oxygen atoms in total. The largest absolute Gasteiger partial charge is 0.486 e. The monoisotopic (exact) mass is 374 g/mol. The lowest BCUT2D eigenvalue weighted by Gasteiger charge is -2.37. The van der Waals surface area contributed by atoms with Crippen LogP contribution in [0.5, 0.6) is 11.5 Å². The number of para-hydroxylation sites is 1. The van der Waals surface area contributed by atoms with Crippen molar-refractivity contribution in [3.05, 3.63) is 18.2 Å². The number of hydrogen-bond acceptors (Lipinski definition) is 5. The van der Waals surface area contributed by atoms with Gasteiger partial charge in [-0.2, -0.15) is 0 Å². The molecule has 1 aromatic carbocycles. The zero-order valence-electron chi connectivity index (χ0n) is 16.4. The van der Waals surface area contributed by atoms with Gasteiger partial charge in [0.1, 0.15) is 13.2 Å². The van der Waals surface area contributed by atoms with Gasteiger partial charge in [-0.15, -0.1) is 0 Å². The van der Waals surface area contributed by atoms with Crippen molar-refractivity contribution in [2.45, 2.75) is 19.9 Å². The van der Waals surface area contributed by atoms with Crippen LogP contribution in [0.4, 0.5) is 10.5 Å². The van der Waals surface area contributed by atoms with E-state index in [0.29, 0.717) is 13.2 Å². The zero-order valence-corrected chi connectivity index (χ0v) is 16.4. The first-order valence-electron chi connectivity index (χ1n) is 10.0. The van der Waals surface area contributed by atoms with Gasteiger partial charge >= 0.3 is 6.03 Å². The molecular formula is C20H30N4O3. The highest BCUT2D eigenvalue weighted by molar-refractivity contribution is 5.76. The number of nitrogens with zero attached hydrogens (tertiary/aromatic N) is 4. The Morgan fingerprint density at radius 1 is 0.963 bits per heavy atom. The molecule has 3 aliphatic rings. The van der Waals surface area contributed by atoms with Gasteiger partial charge < -0.3 is 24.2 Å². The van der Waals surface area contributed by atoms with Crippen LogP contribution in [0.2, 0.25) is 0 Å². The van der Waals surface area contributed by atoms with E-state index in [-0.39, 0.29) is 12.1 Å². The maximum atomic E-state index is 12.4. The fraction of sp³-hybridized carbons (Fsp3) is 0.650. The van der Waals surface area contributed by atoms with Crippen LogP contribution >= 0.6 is 0 Å². The summed E-state index contributed by atoms with van der Waals surface area (Å²) >= 11 is 0. The number of amides is 2. The molecule has 0 aliphatic carbocycles. The topological polar surface area (TPSA) is 48.5 Å². The van der Waals surface area contributed by atoms with Crippen LogP contribution in [0, 0.1) is 0 Å². The Bertz CT molecular complexity index is 673. The van der Waals surface area contributed by atoms with Crippen LogP contribution in [0.1, 0.15) is 13.8 Å². The normalized spacial score (nSPS) is 20.7. The number of urea groups is 1. The van der Waals surface area contributed by atoms with Gasteiger partial charge in [0.05, 0.1) is 5.69 Å². The van der Waals surface area contributed by atoms with Gasteiger partial charge in [-0.1, -0.05) is 6.07 Å². The van der Waals surface area contributed by atoms with Crippen molar-refractivity contribution in [2.75, 3.05) is 70.5 Å². The first kappa shape index (κ1) is 18.2. The molecule has 3 aliphatic heterocycles. The summed E-state index contributed by atoms with van der Waals surface area (Å²) in [4.78, 5) is 21.2. The lowest BCUT2D eigenvalue weighted by molar-refractivity contribution is 0.169. The summed E-state index contributed by atoms with van der Waals surface area (Å²) in [6.45, 7) is 12.8. The van der Waals surface area contributed by atoms with Crippen molar-refractivity contribution in [3.8, 4) is 11.5 Å². The van der Waals surface area contributed by atoms with E-state index in [1.165, 1.54) is 0 Å². The van der Waals surface area contributed by atoms with Crippen LogP contribution in [0.15, 0.2) is 18.2 Å².